The number of hydrogen-bond donors (Lipinski definition) is 3. The Morgan fingerprint density at radius 1 is 1.07 bits per heavy atom. The van der Waals surface area contributed by atoms with E-state index in [1.807, 2.05) is 60.8 Å². The van der Waals surface area contributed by atoms with Gasteiger partial charge in [-0.3, -0.25) is 9.59 Å². The highest BCUT2D eigenvalue weighted by molar-refractivity contribution is 5.97. The summed E-state index contributed by atoms with van der Waals surface area (Å²) in [5.74, 6) is 0.870. The maximum Gasteiger partial charge on any atom is 0.276 e. The van der Waals surface area contributed by atoms with Crippen LogP contribution < -0.4 is 16.2 Å². The maximum absolute atomic E-state index is 13.6. The molecule has 3 aromatic heterocycles. The molecule has 0 fully saturated rings. The Morgan fingerprint density at radius 3 is 2.62 bits per heavy atom. The smallest absolute Gasteiger partial charge is 0.276 e. The predicted molar refractivity (Wildman–Crippen MR) is 158 cm³/mol. The van der Waals surface area contributed by atoms with Crippen molar-refractivity contribution in [3.63, 3.8) is 0 Å². The van der Waals surface area contributed by atoms with Crippen molar-refractivity contribution in [1.82, 2.24) is 24.6 Å². The van der Waals surface area contributed by atoms with E-state index in [2.05, 4.69) is 34.1 Å². The Hall–Kier alpha value is -4.50. The number of aliphatic hydroxyl groups is 1. The number of pyridine rings is 1. The number of carbonyl (C=O) groups is 1. The molecule has 9 nitrogen and oxygen atoms in total. The van der Waals surface area contributed by atoms with Crippen LogP contribution in [-0.4, -0.2) is 37.0 Å². The Labute approximate surface area is 232 Å². The van der Waals surface area contributed by atoms with Crippen molar-refractivity contribution in [3.05, 3.63) is 88.0 Å². The van der Waals surface area contributed by atoms with Crippen LogP contribution in [0, 0.1) is 5.92 Å². The number of nitrogens with zero attached hydrogens (tertiary/aromatic N) is 4. The number of aliphatic hydroxyl groups excluding tert-OH is 1. The molecule has 0 spiro atoms. The van der Waals surface area contributed by atoms with E-state index in [0.29, 0.717) is 23.7 Å². The number of carbonyl (C=O) groups excluding carboxylic acids is 1. The first-order chi connectivity index (χ1) is 19.2. The van der Waals surface area contributed by atoms with E-state index in [1.165, 1.54) is 11.6 Å². The molecule has 40 heavy (non-hydrogen) atoms. The van der Waals surface area contributed by atoms with E-state index in [9.17, 15) is 14.7 Å². The highest BCUT2D eigenvalue weighted by Crippen LogP contribution is 2.33. The zero-order chi connectivity index (χ0) is 28.4. The van der Waals surface area contributed by atoms with Crippen LogP contribution in [0.4, 0.5) is 5.82 Å². The van der Waals surface area contributed by atoms with Gasteiger partial charge in [-0.2, -0.15) is 5.10 Å². The van der Waals surface area contributed by atoms with Crippen molar-refractivity contribution >= 4 is 33.4 Å². The standard InChI is InChI=1S/C31H34N6O3/c1-19(2)12-27-25-16-37(30(29(25)31(40)36(4)35-27)22-9-7-8-21(13-22)17-38)15-23-14-28(33-18-32-20(3)39)34-26-11-6-5-10-24(23)26/h5-11,13-14,16,19,38H,12,15,17-18H2,1-4H3,(H,32,39)(H,33,34). The molecule has 0 saturated heterocycles. The summed E-state index contributed by atoms with van der Waals surface area (Å²) >= 11 is 0. The van der Waals surface area contributed by atoms with Crippen LogP contribution >= 0.6 is 0 Å². The molecule has 0 atom stereocenters. The fourth-order valence-corrected chi connectivity index (χ4v) is 5.13. The van der Waals surface area contributed by atoms with E-state index in [4.69, 9.17) is 4.98 Å². The maximum atomic E-state index is 13.6. The second-order valence-electron chi connectivity index (χ2n) is 10.5. The Bertz CT molecular complexity index is 1770. The molecule has 0 aliphatic rings. The fraction of sp³-hybridized carbons (Fsp3) is 0.290. The molecule has 1 amide bonds. The molecular weight excluding hydrogens is 504 g/mol. The first kappa shape index (κ1) is 27.1. The SMILES string of the molecule is CC(=O)NCNc1cc(Cn2cc3c(CC(C)C)nn(C)c(=O)c3c2-c2cccc(CO)c2)c2ccccc2n1. The van der Waals surface area contributed by atoms with Crippen molar-refractivity contribution < 1.29 is 9.90 Å². The van der Waals surface area contributed by atoms with Gasteiger partial charge in [-0.1, -0.05) is 50.2 Å². The lowest BCUT2D eigenvalue weighted by atomic mass is 10.0. The molecule has 206 valence electrons. The monoisotopic (exact) mass is 538 g/mol. The molecule has 0 saturated carbocycles. The first-order valence-corrected chi connectivity index (χ1v) is 13.4. The molecule has 0 radical (unpaired) electrons. The minimum absolute atomic E-state index is 0.0943. The summed E-state index contributed by atoms with van der Waals surface area (Å²) in [5, 5.41) is 22.9. The van der Waals surface area contributed by atoms with Gasteiger partial charge >= 0.3 is 0 Å². The van der Waals surface area contributed by atoms with Gasteiger partial charge in [0.2, 0.25) is 5.91 Å². The van der Waals surface area contributed by atoms with Gasteiger partial charge < -0.3 is 20.3 Å². The van der Waals surface area contributed by atoms with Crippen LogP contribution in [0.3, 0.4) is 0 Å². The van der Waals surface area contributed by atoms with Gasteiger partial charge in [-0.25, -0.2) is 9.67 Å². The van der Waals surface area contributed by atoms with Gasteiger partial charge in [-0.15, -0.1) is 0 Å². The zero-order valence-electron chi connectivity index (χ0n) is 23.2. The summed E-state index contributed by atoms with van der Waals surface area (Å²) in [6.07, 6.45) is 2.77. The van der Waals surface area contributed by atoms with Crippen LogP contribution in [-0.2, 0) is 31.4 Å². The summed E-state index contributed by atoms with van der Waals surface area (Å²) in [4.78, 5) is 29.7. The number of benzene rings is 2. The number of anilines is 1. The number of fused-ring (bicyclic) bond motifs is 2. The molecule has 2 aromatic carbocycles. The van der Waals surface area contributed by atoms with Gasteiger partial charge in [0.1, 0.15) is 5.82 Å². The quantitative estimate of drug-likeness (QED) is 0.243. The van der Waals surface area contributed by atoms with Gasteiger partial charge in [0.25, 0.3) is 5.56 Å². The Balaban J connectivity index is 1.73. The number of para-hydroxylation sites is 1. The van der Waals surface area contributed by atoms with Crippen molar-refractivity contribution in [2.45, 2.75) is 40.3 Å². The van der Waals surface area contributed by atoms with Crippen molar-refractivity contribution in [1.29, 1.82) is 0 Å². The lowest BCUT2D eigenvalue weighted by Gasteiger charge is -2.15. The van der Waals surface area contributed by atoms with Crippen LogP contribution in [0.2, 0.25) is 0 Å². The second kappa shape index (κ2) is 11.3. The first-order valence-electron chi connectivity index (χ1n) is 13.4. The minimum atomic E-state index is -0.164. The topological polar surface area (TPSA) is 114 Å². The number of rotatable bonds is 9. The number of aromatic nitrogens is 4. The van der Waals surface area contributed by atoms with Crippen molar-refractivity contribution in [2.24, 2.45) is 13.0 Å². The zero-order valence-corrected chi connectivity index (χ0v) is 23.2. The minimum Gasteiger partial charge on any atom is -0.392 e. The summed E-state index contributed by atoms with van der Waals surface area (Å²) in [6, 6.07) is 17.6. The highest BCUT2D eigenvalue weighted by Gasteiger charge is 2.21. The molecular formula is C31H34N6O3. The molecule has 0 aliphatic heterocycles. The largest absolute Gasteiger partial charge is 0.392 e. The lowest BCUT2D eigenvalue weighted by Crippen LogP contribution is -2.26. The third kappa shape index (κ3) is 5.46. The number of nitrogens with one attached hydrogen (secondary N) is 2. The predicted octanol–water partition coefficient (Wildman–Crippen LogP) is 4.19. The normalized spacial score (nSPS) is 11.4. The van der Waals surface area contributed by atoms with E-state index < -0.39 is 0 Å². The summed E-state index contributed by atoms with van der Waals surface area (Å²) in [5.41, 5.74) is 4.95. The van der Waals surface area contributed by atoms with Gasteiger partial charge in [0.05, 0.1) is 35.6 Å². The molecule has 0 aliphatic carbocycles. The average molecular weight is 539 g/mol. The Kier molecular flexibility index (Phi) is 7.66. The summed E-state index contributed by atoms with van der Waals surface area (Å²) in [7, 11) is 1.69. The molecule has 3 N–H and O–H groups in total. The molecule has 9 heteroatoms. The van der Waals surface area contributed by atoms with Gasteiger partial charge in [0.15, 0.2) is 0 Å². The third-order valence-electron chi connectivity index (χ3n) is 6.90. The van der Waals surface area contributed by atoms with Gasteiger partial charge in [0, 0.05) is 37.5 Å². The van der Waals surface area contributed by atoms with Crippen LogP contribution in [0.5, 0.6) is 0 Å². The fourth-order valence-electron chi connectivity index (χ4n) is 5.13. The highest BCUT2D eigenvalue weighted by atomic mass is 16.3. The van der Waals surface area contributed by atoms with Crippen LogP contribution in [0.25, 0.3) is 32.9 Å². The molecule has 3 heterocycles. The summed E-state index contributed by atoms with van der Waals surface area (Å²) in [6.45, 7) is 6.38. The van der Waals surface area contributed by atoms with E-state index in [0.717, 1.165) is 50.8 Å². The molecule has 0 unspecified atom stereocenters. The van der Waals surface area contributed by atoms with E-state index >= 15 is 0 Å². The molecule has 5 rings (SSSR count). The van der Waals surface area contributed by atoms with Crippen molar-refractivity contribution in [3.8, 4) is 11.3 Å². The Morgan fingerprint density at radius 2 is 1.88 bits per heavy atom. The molecule has 5 aromatic rings. The lowest BCUT2D eigenvalue weighted by molar-refractivity contribution is -0.118. The van der Waals surface area contributed by atoms with Crippen molar-refractivity contribution in [2.75, 3.05) is 12.0 Å². The third-order valence-corrected chi connectivity index (χ3v) is 6.90. The molecule has 0 bridgehead atoms. The van der Waals surface area contributed by atoms with E-state index in [1.54, 1.807) is 7.05 Å². The van der Waals surface area contributed by atoms with Gasteiger partial charge in [-0.05, 0) is 47.2 Å². The van der Waals surface area contributed by atoms with Crippen LogP contribution in [0.15, 0.2) is 65.6 Å². The van der Waals surface area contributed by atoms with E-state index in [-0.39, 0.29) is 24.7 Å². The second-order valence-corrected chi connectivity index (χ2v) is 10.5. The van der Waals surface area contributed by atoms with Crippen LogP contribution in [0.1, 0.15) is 37.6 Å². The number of amides is 1. The summed E-state index contributed by atoms with van der Waals surface area (Å²) < 4.78 is 3.53. The number of aryl methyl sites for hydroxylation is 1. The average Bonchev–Trinajstić information content (AvgIpc) is 3.30. The number of hydrogen-bond acceptors (Lipinski definition) is 6.